The van der Waals surface area contributed by atoms with Gasteiger partial charge in [0.05, 0.1) is 11.8 Å². The molecule has 0 unspecified atom stereocenters. The fraction of sp³-hybridized carbons (Fsp3) is 0.412. The summed E-state index contributed by atoms with van der Waals surface area (Å²) in [5.74, 6) is 1.14. The Morgan fingerprint density at radius 2 is 2.04 bits per heavy atom. The topological polar surface area (TPSA) is 49.6 Å². The molecule has 3 heterocycles. The van der Waals surface area contributed by atoms with E-state index in [-0.39, 0.29) is 11.7 Å². The second-order valence-corrected chi connectivity index (χ2v) is 5.86. The van der Waals surface area contributed by atoms with Gasteiger partial charge < -0.3 is 9.32 Å². The molecule has 1 fully saturated rings. The Morgan fingerprint density at radius 1 is 1.30 bits per heavy atom. The minimum atomic E-state index is -0.282. The highest BCUT2D eigenvalue weighted by Gasteiger charge is 2.25. The summed E-state index contributed by atoms with van der Waals surface area (Å²) in [6.45, 7) is 6.91. The van der Waals surface area contributed by atoms with E-state index >= 15 is 0 Å². The number of aromatic nitrogens is 1. The van der Waals surface area contributed by atoms with Crippen LogP contribution < -0.4 is 0 Å². The van der Waals surface area contributed by atoms with Crippen LogP contribution in [-0.2, 0) is 6.54 Å². The molecule has 1 aliphatic rings. The van der Waals surface area contributed by atoms with Crippen LogP contribution in [0.5, 0.6) is 0 Å². The third kappa shape index (κ3) is 3.42. The molecule has 0 N–H and O–H groups in total. The van der Waals surface area contributed by atoms with E-state index in [4.69, 9.17) is 4.42 Å². The van der Waals surface area contributed by atoms with Crippen molar-refractivity contribution in [1.82, 2.24) is 14.8 Å². The minimum absolute atomic E-state index is 0.00842. The number of hydrogen-bond donors (Lipinski definition) is 0. The van der Waals surface area contributed by atoms with Crippen LogP contribution in [0.25, 0.3) is 0 Å². The first kappa shape index (κ1) is 15.7. The number of rotatable bonds is 3. The van der Waals surface area contributed by atoms with Gasteiger partial charge in [-0.25, -0.2) is 4.39 Å². The summed E-state index contributed by atoms with van der Waals surface area (Å²) in [6.07, 6.45) is 2.83. The fourth-order valence-electron chi connectivity index (χ4n) is 2.90. The molecule has 6 heteroatoms. The monoisotopic (exact) mass is 317 g/mol. The average Bonchev–Trinajstić information content (AvgIpc) is 2.88. The van der Waals surface area contributed by atoms with E-state index in [9.17, 15) is 9.18 Å². The summed E-state index contributed by atoms with van der Waals surface area (Å²) >= 11 is 0. The van der Waals surface area contributed by atoms with Crippen LogP contribution in [0.1, 0.15) is 27.4 Å². The highest BCUT2D eigenvalue weighted by atomic mass is 19.1. The average molecular weight is 317 g/mol. The van der Waals surface area contributed by atoms with Crippen LogP contribution in [0.3, 0.4) is 0 Å². The van der Waals surface area contributed by atoms with Gasteiger partial charge >= 0.3 is 0 Å². The van der Waals surface area contributed by atoms with Gasteiger partial charge in [-0.15, -0.1) is 0 Å². The van der Waals surface area contributed by atoms with Crippen LogP contribution >= 0.6 is 0 Å². The standard InChI is InChI=1S/C17H20FN3O2/c1-12-9-15(13(2)23-12)17(22)21-7-5-20(6-8-21)11-14-3-4-19-10-16(14)18/h3-4,9-10H,5-8,11H2,1-2H3. The molecular weight excluding hydrogens is 297 g/mol. The van der Waals surface area contributed by atoms with Crippen molar-refractivity contribution in [2.45, 2.75) is 20.4 Å². The number of carbonyl (C=O) groups is 1. The fourth-order valence-corrected chi connectivity index (χ4v) is 2.90. The molecule has 1 saturated heterocycles. The molecule has 2 aromatic rings. The van der Waals surface area contributed by atoms with Crippen molar-refractivity contribution in [3.8, 4) is 0 Å². The number of pyridine rings is 1. The van der Waals surface area contributed by atoms with Crippen LogP contribution in [-0.4, -0.2) is 46.9 Å². The van der Waals surface area contributed by atoms with Crippen molar-refractivity contribution in [2.75, 3.05) is 26.2 Å². The lowest BCUT2D eigenvalue weighted by Crippen LogP contribution is -2.48. The summed E-state index contributed by atoms with van der Waals surface area (Å²) in [5, 5.41) is 0. The maximum absolute atomic E-state index is 13.7. The number of hydrogen-bond acceptors (Lipinski definition) is 4. The predicted octanol–water partition coefficient (Wildman–Crippen LogP) is 2.39. The van der Waals surface area contributed by atoms with E-state index < -0.39 is 0 Å². The van der Waals surface area contributed by atoms with E-state index in [1.54, 1.807) is 18.3 Å². The predicted molar refractivity (Wildman–Crippen MR) is 83.6 cm³/mol. The zero-order chi connectivity index (χ0) is 16.4. The van der Waals surface area contributed by atoms with E-state index in [2.05, 4.69) is 9.88 Å². The Kier molecular flexibility index (Phi) is 4.43. The van der Waals surface area contributed by atoms with Crippen LogP contribution in [0, 0.1) is 19.7 Å². The van der Waals surface area contributed by atoms with Gasteiger partial charge in [0, 0.05) is 44.5 Å². The lowest BCUT2D eigenvalue weighted by molar-refractivity contribution is 0.0625. The molecular formula is C17H20FN3O2. The van der Waals surface area contributed by atoms with E-state index in [1.807, 2.05) is 18.7 Å². The van der Waals surface area contributed by atoms with Crippen LogP contribution in [0.15, 0.2) is 28.9 Å². The number of furan rings is 1. The van der Waals surface area contributed by atoms with Gasteiger partial charge in [0.15, 0.2) is 0 Å². The highest BCUT2D eigenvalue weighted by Crippen LogP contribution is 2.18. The third-order valence-electron chi connectivity index (χ3n) is 4.18. The van der Waals surface area contributed by atoms with Gasteiger partial charge in [-0.05, 0) is 26.0 Å². The van der Waals surface area contributed by atoms with Gasteiger partial charge in [0.25, 0.3) is 5.91 Å². The van der Waals surface area contributed by atoms with Crippen molar-refractivity contribution >= 4 is 5.91 Å². The molecule has 0 bridgehead atoms. The van der Waals surface area contributed by atoms with E-state index in [0.717, 1.165) is 18.8 Å². The largest absolute Gasteiger partial charge is 0.466 e. The molecule has 122 valence electrons. The Bertz CT molecular complexity index is 706. The first-order chi connectivity index (χ1) is 11.0. The summed E-state index contributed by atoms with van der Waals surface area (Å²) < 4.78 is 19.1. The highest BCUT2D eigenvalue weighted by molar-refractivity contribution is 5.95. The molecule has 3 rings (SSSR count). The van der Waals surface area contributed by atoms with Gasteiger partial charge in [-0.3, -0.25) is 14.7 Å². The van der Waals surface area contributed by atoms with Crippen LogP contribution in [0.2, 0.25) is 0 Å². The number of amides is 1. The Morgan fingerprint density at radius 3 is 2.65 bits per heavy atom. The van der Waals surface area contributed by atoms with E-state index in [0.29, 0.717) is 36.5 Å². The molecule has 1 amide bonds. The van der Waals surface area contributed by atoms with Crippen molar-refractivity contribution in [3.63, 3.8) is 0 Å². The Hall–Kier alpha value is -2.21. The molecule has 0 atom stereocenters. The Balaban J connectivity index is 1.59. The maximum atomic E-state index is 13.7. The lowest BCUT2D eigenvalue weighted by Gasteiger charge is -2.34. The third-order valence-corrected chi connectivity index (χ3v) is 4.18. The smallest absolute Gasteiger partial charge is 0.257 e. The van der Waals surface area contributed by atoms with Crippen molar-refractivity contribution in [3.05, 3.63) is 53.0 Å². The molecule has 0 saturated carbocycles. The summed E-state index contributed by atoms with van der Waals surface area (Å²) in [6, 6.07) is 3.49. The maximum Gasteiger partial charge on any atom is 0.257 e. The summed E-state index contributed by atoms with van der Waals surface area (Å²) in [5.41, 5.74) is 1.28. The zero-order valence-electron chi connectivity index (χ0n) is 13.4. The number of carbonyl (C=O) groups excluding carboxylic acids is 1. The molecule has 0 radical (unpaired) electrons. The van der Waals surface area contributed by atoms with Crippen molar-refractivity contribution < 1.29 is 13.6 Å². The number of aryl methyl sites for hydroxylation is 2. The van der Waals surface area contributed by atoms with Gasteiger partial charge in [-0.1, -0.05) is 0 Å². The molecule has 1 aliphatic heterocycles. The number of halogens is 1. The molecule has 0 aliphatic carbocycles. The molecule has 0 spiro atoms. The summed E-state index contributed by atoms with van der Waals surface area (Å²) in [7, 11) is 0. The SMILES string of the molecule is Cc1cc(C(=O)N2CCN(Cc3ccncc3F)CC2)c(C)o1. The van der Waals surface area contributed by atoms with Gasteiger partial charge in [-0.2, -0.15) is 0 Å². The minimum Gasteiger partial charge on any atom is -0.466 e. The zero-order valence-corrected chi connectivity index (χ0v) is 13.4. The van der Waals surface area contributed by atoms with Gasteiger partial charge in [0.1, 0.15) is 17.3 Å². The quantitative estimate of drug-likeness (QED) is 0.872. The molecule has 23 heavy (non-hydrogen) atoms. The number of nitrogens with zero attached hydrogens (tertiary/aromatic N) is 3. The lowest BCUT2D eigenvalue weighted by atomic mass is 10.2. The van der Waals surface area contributed by atoms with Crippen LogP contribution in [0.4, 0.5) is 4.39 Å². The van der Waals surface area contributed by atoms with Crippen molar-refractivity contribution in [2.24, 2.45) is 0 Å². The Labute approximate surface area is 134 Å². The second-order valence-electron chi connectivity index (χ2n) is 5.86. The van der Waals surface area contributed by atoms with Gasteiger partial charge in [0.2, 0.25) is 0 Å². The first-order valence-corrected chi connectivity index (χ1v) is 7.71. The molecule has 5 nitrogen and oxygen atoms in total. The summed E-state index contributed by atoms with van der Waals surface area (Å²) in [4.78, 5) is 20.3. The first-order valence-electron chi connectivity index (χ1n) is 7.71. The van der Waals surface area contributed by atoms with Crippen molar-refractivity contribution in [1.29, 1.82) is 0 Å². The second kappa shape index (κ2) is 6.50. The molecule has 0 aromatic carbocycles. The normalized spacial score (nSPS) is 15.9. The molecule has 2 aromatic heterocycles. The van der Waals surface area contributed by atoms with E-state index in [1.165, 1.54) is 6.20 Å². The number of piperazine rings is 1.